The number of rotatable bonds is 15. The van der Waals surface area contributed by atoms with Crippen molar-refractivity contribution in [1.82, 2.24) is 52.9 Å². The summed E-state index contributed by atoms with van der Waals surface area (Å²) in [5, 5.41) is 28.5. The number of fused-ring (bicyclic) bond motifs is 6. The van der Waals surface area contributed by atoms with Crippen LogP contribution in [0.25, 0.3) is 16.9 Å². The maximum atomic E-state index is 14.6. The average Bonchev–Trinajstić information content (AvgIpc) is 1.65. The lowest BCUT2D eigenvalue weighted by molar-refractivity contribution is 0.00578. The van der Waals surface area contributed by atoms with E-state index in [0.29, 0.717) is 158 Å². The molecule has 3 aromatic carbocycles. The van der Waals surface area contributed by atoms with Gasteiger partial charge in [0.25, 0.3) is 0 Å². The number of likely N-dealkylation sites (tertiary alicyclic amines) is 1. The number of nitrogens with one attached hydrogen (secondary N) is 3. The summed E-state index contributed by atoms with van der Waals surface area (Å²) >= 11 is 3.38. The molecule has 6 aromatic heterocycles. The summed E-state index contributed by atoms with van der Waals surface area (Å²) in [5.41, 5.74) is 7.77. The zero-order valence-corrected chi connectivity index (χ0v) is 68.1. The highest BCUT2D eigenvalue weighted by Crippen LogP contribution is 2.42. The largest absolute Gasteiger partial charge is 0.493 e. The van der Waals surface area contributed by atoms with Gasteiger partial charge in [-0.25, -0.2) is 62.3 Å². The third kappa shape index (κ3) is 18.7. The van der Waals surface area contributed by atoms with Gasteiger partial charge < -0.3 is 68.6 Å². The number of carboxylic acids is 1. The summed E-state index contributed by atoms with van der Waals surface area (Å²) in [5.74, 6) is 1.44. The molecular weight excluding hydrogens is 1550 g/mol. The number of hydrogen-bond acceptors (Lipinski definition) is 22. The smallest absolute Gasteiger partial charge is 0.490 e. The molecule has 0 spiro atoms. The van der Waals surface area contributed by atoms with E-state index in [4.69, 9.17) is 37.7 Å². The Morgan fingerprint density at radius 3 is 1.50 bits per heavy atom. The van der Waals surface area contributed by atoms with Gasteiger partial charge in [0, 0.05) is 141 Å². The van der Waals surface area contributed by atoms with Crippen LogP contribution in [0, 0.1) is 28.8 Å². The predicted octanol–water partition coefficient (Wildman–Crippen LogP) is 15.1. The number of carbonyl (C=O) groups excluding carboxylic acids is 3. The Bertz CT molecular complexity index is 5220. The number of ether oxygens (including phenoxy) is 6. The van der Waals surface area contributed by atoms with E-state index in [9.17, 15) is 42.7 Å². The monoisotopic (exact) mass is 1650 g/mol. The topological polar surface area (TPSA) is 319 Å². The van der Waals surface area contributed by atoms with Crippen molar-refractivity contribution in [3.05, 3.63) is 169 Å². The van der Waals surface area contributed by atoms with Gasteiger partial charge >= 0.3 is 31.2 Å². The zero-order chi connectivity index (χ0) is 81.8. The first-order valence-corrected chi connectivity index (χ1v) is 39.7. The predicted molar refractivity (Wildman–Crippen MR) is 425 cm³/mol. The Morgan fingerprint density at radius 2 is 1.04 bits per heavy atom. The number of amides is 2. The van der Waals surface area contributed by atoms with Gasteiger partial charge in [-0.3, -0.25) is 13.2 Å². The van der Waals surface area contributed by atoms with Gasteiger partial charge in [0.05, 0.1) is 48.3 Å². The normalized spacial score (nSPS) is 16.9. The van der Waals surface area contributed by atoms with Gasteiger partial charge in [-0.05, 0) is 178 Å². The van der Waals surface area contributed by atoms with E-state index in [1.165, 1.54) is 43.7 Å². The van der Waals surface area contributed by atoms with Crippen LogP contribution in [-0.2, 0) is 62.4 Å². The molecule has 16 rings (SSSR count). The fourth-order valence-corrected chi connectivity index (χ4v) is 15.3. The van der Waals surface area contributed by atoms with Crippen molar-refractivity contribution in [2.24, 2.45) is 0 Å². The summed E-state index contributed by atoms with van der Waals surface area (Å²) in [7, 11) is -0.314. The van der Waals surface area contributed by atoms with Gasteiger partial charge in [-0.15, -0.1) is 0 Å². The molecule has 6 aliphatic heterocycles. The molecule has 0 atom stereocenters. The standard InChI is InChI=1S/C26H30FN5O5.C22H22FN5O.C18H16BrFN4O3.C16H28BNO4/c1-26(2,3)37-25(35)31-9-6-15(7-10-31)17-12-28-24(32-14-20(23(33)34)30-22(17)32)29-13-18-16-8-11-36-21(16)5-4-19(18)27;23-19-6-7-20-16(8-9-29-20)18(19)12-26-22-25-11-17(14-4-2-1-3-5-14)21-27-15(10-24)13-28(21)22;1-2-26-17(25)14-9-24-16(23-14)12(19)8-22-18(24)21-7-11-10-5-6-27-15(10)4-3-13(11)20;1-14(2,3)20-13(19)18-10-8-12(9-11-18)17-21-15(4,5)16(6,7)22-17/h4-5,12,14-15H,6-11,13H2,1-3H3,(H,28,29)(H,33,34);6-7,11,13-14H,1-5,8-9,12H2,(H,25,26);3-4,8-9H,2,5-7H2,1H3,(H,21,22);8H,9-11H2,1-7H3. The summed E-state index contributed by atoms with van der Waals surface area (Å²) in [6, 6.07) is 11.3. The van der Waals surface area contributed by atoms with Crippen molar-refractivity contribution < 1.29 is 75.2 Å². The fraction of sp³-hybridized carbons (Fsp3) is 0.476. The second kappa shape index (κ2) is 34.4. The first-order valence-electron chi connectivity index (χ1n) is 39.0. The molecule has 2 amide bonds. The number of nitrogens with zero attached hydrogens (tertiary/aromatic N) is 12. The average molecular weight is 1650 g/mol. The van der Waals surface area contributed by atoms with Crippen LogP contribution >= 0.6 is 15.9 Å². The van der Waals surface area contributed by atoms with Crippen LogP contribution in [0.4, 0.5) is 40.6 Å². The van der Waals surface area contributed by atoms with Crippen molar-refractivity contribution in [3.8, 4) is 23.3 Å². The van der Waals surface area contributed by atoms with Crippen LogP contribution in [0.2, 0.25) is 0 Å². The molecule has 3 fully saturated rings. The summed E-state index contributed by atoms with van der Waals surface area (Å²) in [4.78, 5) is 78.3. The molecule has 7 aliphatic rings. The quantitative estimate of drug-likeness (QED) is 0.0421. The number of carboxylic acid groups (broad SMARTS) is 1. The SMILES string of the molecule is CC(C)(C)OC(=O)N1CC=C(B2OC(C)(C)C(C)(C)O2)CC1.CC(C)(C)OC(=O)N1CCC(c2cnc(NCc3c(F)ccc4c3CCO4)n3cc(C(=O)O)nc23)CC1.CCOC(=O)c1cn2c(NCc3c(F)ccc4c3CCO4)ncc(Br)c2n1.N#Cc1cn2c(NCc3c(F)ccc4c3CCO4)ncc(C3CCCCC3)c2n1. The third-order valence-electron chi connectivity index (χ3n) is 21.5. The van der Waals surface area contributed by atoms with E-state index in [2.05, 4.69) is 67.9 Å². The van der Waals surface area contributed by atoms with E-state index in [1.54, 1.807) is 68.5 Å². The Balaban J connectivity index is 0.000000136. The molecule has 4 N–H and O–H groups in total. The Hall–Kier alpha value is -10.7. The molecule has 0 radical (unpaired) electrons. The number of imidazole rings is 3. The van der Waals surface area contributed by atoms with Crippen LogP contribution in [0.3, 0.4) is 0 Å². The van der Waals surface area contributed by atoms with E-state index < -0.39 is 23.1 Å². The lowest BCUT2D eigenvalue weighted by Crippen LogP contribution is -2.41. The number of aromatic nitrogens is 9. The Morgan fingerprint density at radius 1 is 0.600 bits per heavy atom. The number of esters is 1. The number of anilines is 3. The Labute approximate surface area is 673 Å². The molecule has 115 heavy (non-hydrogen) atoms. The maximum Gasteiger partial charge on any atom is 0.490 e. The highest BCUT2D eigenvalue weighted by molar-refractivity contribution is 9.10. The minimum Gasteiger partial charge on any atom is -0.493 e. The molecule has 0 bridgehead atoms. The molecule has 33 heteroatoms. The number of hydrogen-bond donors (Lipinski definition) is 4. The van der Waals surface area contributed by atoms with Crippen LogP contribution in [0.5, 0.6) is 17.2 Å². The summed E-state index contributed by atoms with van der Waals surface area (Å²) < 4.78 is 93.7. The van der Waals surface area contributed by atoms with Gasteiger partial charge in [0.1, 0.15) is 63.3 Å². The van der Waals surface area contributed by atoms with Crippen LogP contribution in [-0.4, -0.2) is 164 Å². The molecule has 1 saturated carbocycles. The number of halogens is 4. The maximum absolute atomic E-state index is 14.6. The van der Waals surface area contributed by atoms with Crippen LogP contribution in [0.15, 0.2) is 89.6 Å². The molecule has 0 unspecified atom stereocenters. The van der Waals surface area contributed by atoms with Gasteiger partial charge in [-0.2, -0.15) is 5.26 Å². The lowest BCUT2D eigenvalue weighted by Gasteiger charge is -2.33. The molecule has 1 aliphatic carbocycles. The molecule has 12 heterocycles. The highest BCUT2D eigenvalue weighted by atomic mass is 79.9. The minimum atomic E-state index is -1.15. The summed E-state index contributed by atoms with van der Waals surface area (Å²) in [6.45, 7) is 25.8. The third-order valence-corrected chi connectivity index (χ3v) is 22.0. The van der Waals surface area contributed by atoms with Crippen LogP contribution in [0.1, 0.15) is 211 Å². The van der Waals surface area contributed by atoms with Crippen molar-refractivity contribution in [2.45, 2.75) is 201 Å². The van der Waals surface area contributed by atoms with E-state index >= 15 is 0 Å². The second-order valence-corrected chi connectivity index (χ2v) is 32.9. The molecule has 608 valence electrons. The minimum absolute atomic E-state index is 0.0405. The highest BCUT2D eigenvalue weighted by Gasteiger charge is 2.52. The first-order chi connectivity index (χ1) is 54.8. The van der Waals surface area contributed by atoms with Crippen molar-refractivity contribution >= 4 is 82.0 Å². The zero-order valence-electron chi connectivity index (χ0n) is 66.5. The number of carbonyl (C=O) groups is 4. The number of nitriles is 1. The summed E-state index contributed by atoms with van der Waals surface area (Å²) in [6.07, 6.45) is 21.3. The molecule has 28 nitrogen and oxygen atoms in total. The number of piperidine rings is 1. The fourth-order valence-electron chi connectivity index (χ4n) is 14.9. The van der Waals surface area contributed by atoms with E-state index in [0.717, 1.165) is 63.9 Å². The van der Waals surface area contributed by atoms with E-state index in [-0.39, 0.29) is 85.0 Å². The van der Waals surface area contributed by atoms with Gasteiger partial charge in [-0.1, -0.05) is 25.3 Å². The Kier molecular flexibility index (Phi) is 24.6. The molecule has 9 aromatic rings. The number of aromatic carboxylic acids is 1. The van der Waals surface area contributed by atoms with Gasteiger partial charge in [0.2, 0.25) is 17.8 Å². The molecule has 2 saturated heterocycles. The second-order valence-electron chi connectivity index (χ2n) is 32.1. The van der Waals surface area contributed by atoms with Crippen molar-refractivity contribution in [1.29, 1.82) is 5.26 Å². The van der Waals surface area contributed by atoms with Gasteiger partial charge in [0.15, 0.2) is 22.7 Å². The van der Waals surface area contributed by atoms with Crippen LogP contribution < -0.4 is 30.2 Å². The van der Waals surface area contributed by atoms with Crippen molar-refractivity contribution in [3.63, 3.8) is 0 Å². The first kappa shape index (κ1) is 82.3. The van der Waals surface area contributed by atoms with E-state index in [1.807, 2.05) is 85.9 Å². The lowest BCUT2D eigenvalue weighted by atomic mass is 9.75. The molecular formula is C82H96BBrF3N15O13. The van der Waals surface area contributed by atoms with Crippen molar-refractivity contribution in [2.75, 3.05) is 68.6 Å². The number of benzene rings is 3.